The molecule has 0 saturated carbocycles. The van der Waals surface area contributed by atoms with E-state index in [1.54, 1.807) is 11.3 Å². The van der Waals surface area contributed by atoms with Crippen LogP contribution < -0.4 is 5.32 Å². The maximum absolute atomic E-state index is 12.2. The van der Waals surface area contributed by atoms with Gasteiger partial charge in [-0.15, -0.1) is 11.3 Å². The van der Waals surface area contributed by atoms with Crippen molar-refractivity contribution in [3.63, 3.8) is 0 Å². The van der Waals surface area contributed by atoms with Crippen molar-refractivity contribution in [1.82, 2.24) is 9.62 Å². The van der Waals surface area contributed by atoms with Crippen molar-refractivity contribution in [3.8, 4) is 0 Å². The summed E-state index contributed by atoms with van der Waals surface area (Å²) in [5, 5.41) is 6.52. The van der Waals surface area contributed by atoms with Gasteiger partial charge in [0.15, 0.2) is 0 Å². The molecule has 0 aliphatic heterocycles. The van der Waals surface area contributed by atoms with Gasteiger partial charge in [-0.25, -0.2) is 8.42 Å². The Morgan fingerprint density at radius 2 is 2.14 bits per heavy atom. The largest absolute Gasteiger partial charge is 0.351 e. The van der Waals surface area contributed by atoms with Crippen molar-refractivity contribution in [3.05, 3.63) is 38.9 Å². The molecule has 0 saturated heterocycles. The van der Waals surface area contributed by atoms with E-state index in [1.165, 1.54) is 19.2 Å². The second-order valence-electron chi connectivity index (χ2n) is 4.23. The highest BCUT2D eigenvalue weighted by atomic mass is 35.5. The van der Waals surface area contributed by atoms with Gasteiger partial charge in [-0.2, -0.15) is 15.6 Å². The van der Waals surface area contributed by atoms with Crippen LogP contribution in [0.4, 0.5) is 0 Å². The van der Waals surface area contributed by atoms with Crippen molar-refractivity contribution >= 4 is 50.2 Å². The standard InChI is InChI=1S/C12H13ClN2O3S3/c1-15(21(17,18)12-3-2-10(13)20-12)7-11(16)14-6-9-4-5-19-8-9/h2-5,8H,6-7H2,1H3,(H,14,16). The Kier molecular flexibility index (Phi) is 5.39. The first-order chi connectivity index (χ1) is 9.89. The van der Waals surface area contributed by atoms with Crippen LogP contribution in [0, 0.1) is 0 Å². The van der Waals surface area contributed by atoms with Gasteiger partial charge >= 0.3 is 0 Å². The van der Waals surface area contributed by atoms with Crippen LogP contribution in [0.5, 0.6) is 0 Å². The van der Waals surface area contributed by atoms with Crippen LogP contribution in [0.25, 0.3) is 0 Å². The van der Waals surface area contributed by atoms with E-state index < -0.39 is 10.0 Å². The molecule has 0 radical (unpaired) electrons. The third-order valence-electron chi connectivity index (χ3n) is 2.65. The minimum Gasteiger partial charge on any atom is -0.351 e. The van der Waals surface area contributed by atoms with E-state index in [1.807, 2.05) is 16.8 Å². The molecule has 2 heterocycles. The molecule has 0 aliphatic rings. The van der Waals surface area contributed by atoms with E-state index in [9.17, 15) is 13.2 Å². The average Bonchev–Trinajstić information content (AvgIpc) is 3.07. The average molecular weight is 365 g/mol. The van der Waals surface area contributed by atoms with Crippen LogP contribution in [0.15, 0.2) is 33.2 Å². The molecule has 114 valence electrons. The predicted molar refractivity (Wildman–Crippen MR) is 85.3 cm³/mol. The minimum atomic E-state index is -3.68. The summed E-state index contributed by atoms with van der Waals surface area (Å²) < 4.78 is 26.0. The molecule has 2 rings (SSSR count). The van der Waals surface area contributed by atoms with Gasteiger partial charge in [-0.1, -0.05) is 11.6 Å². The zero-order valence-corrected chi connectivity index (χ0v) is 14.3. The highest BCUT2D eigenvalue weighted by Crippen LogP contribution is 2.27. The van der Waals surface area contributed by atoms with Crippen LogP contribution in [-0.2, 0) is 21.4 Å². The Bertz CT molecular complexity index is 710. The zero-order chi connectivity index (χ0) is 15.5. The summed E-state index contributed by atoms with van der Waals surface area (Å²) in [6, 6.07) is 4.85. The van der Waals surface area contributed by atoms with Gasteiger partial charge in [0, 0.05) is 13.6 Å². The summed E-state index contributed by atoms with van der Waals surface area (Å²) >= 11 is 8.25. The van der Waals surface area contributed by atoms with E-state index in [0.29, 0.717) is 10.9 Å². The topological polar surface area (TPSA) is 66.5 Å². The van der Waals surface area contributed by atoms with Crippen molar-refractivity contribution in [2.24, 2.45) is 0 Å². The van der Waals surface area contributed by atoms with Gasteiger partial charge in [0.1, 0.15) is 4.21 Å². The lowest BCUT2D eigenvalue weighted by Gasteiger charge is -2.15. The maximum Gasteiger partial charge on any atom is 0.252 e. The summed E-state index contributed by atoms with van der Waals surface area (Å²) in [7, 11) is -2.31. The fourth-order valence-electron chi connectivity index (χ4n) is 1.53. The molecule has 0 aliphatic carbocycles. The first-order valence-corrected chi connectivity index (χ1v) is 9.47. The molecule has 0 atom stereocenters. The smallest absolute Gasteiger partial charge is 0.252 e. The highest BCUT2D eigenvalue weighted by Gasteiger charge is 2.24. The van der Waals surface area contributed by atoms with E-state index in [0.717, 1.165) is 21.2 Å². The molecule has 0 bridgehead atoms. The quantitative estimate of drug-likeness (QED) is 0.855. The Morgan fingerprint density at radius 1 is 1.38 bits per heavy atom. The van der Waals surface area contributed by atoms with Gasteiger partial charge in [0.05, 0.1) is 10.9 Å². The molecule has 0 unspecified atom stereocenters. The molecule has 1 amide bonds. The third-order valence-corrected chi connectivity index (χ3v) is 6.88. The Hall–Kier alpha value is -0.930. The number of carbonyl (C=O) groups is 1. The van der Waals surface area contributed by atoms with Crippen molar-refractivity contribution in [2.75, 3.05) is 13.6 Å². The van der Waals surface area contributed by atoms with Crippen molar-refractivity contribution < 1.29 is 13.2 Å². The summed E-state index contributed by atoms with van der Waals surface area (Å²) in [5.41, 5.74) is 0.990. The molecule has 5 nitrogen and oxygen atoms in total. The maximum atomic E-state index is 12.2. The van der Waals surface area contributed by atoms with Gasteiger partial charge < -0.3 is 5.32 Å². The first kappa shape index (κ1) is 16.4. The fraction of sp³-hybridized carbons (Fsp3) is 0.250. The SMILES string of the molecule is CN(CC(=O)NCc1ccsc1)S(=O)(=O)c1ccc(Cl)s1. The lowest BCUT2D eigenvalue weighted by atomic mass is 10.3. The lowest BCUT2D eigenvalue weighted by molar-refractivity contribution is -0.121. The van der Waals surface area contributed by atoms with E-state index in [4.69, 9.17) is 11.6 Å². The van der Waals surface area contributed by atoms with Crippen LogP contribution in [-0.4, -0.2) is 32.2 Å². The van der Waals surface area contributed by atoms with E-state index in [2.05, 4.69) is 5.32 Å². The molecule has 1 N–H and O–H groups in total. The molecule has 0 spiro atoms. The summed E-state index contributed by atoms with van der Waals surface area (Å²) in [6.07, 6.45) is 0. The second kappa shape index (κ2) is 6.89. The minimum absolute atomic E-state index is 0.126. The highest BCUT2D eigenvalue weighted by molar-refractivity contribution is 7.91. The first-order valence-electron chi connectivity index (χ1n) is 5.89. The second-order valence-corrected chi connectivity index (χ2v) is 8.99. The Labute approximate surface area is 136 Å². The summed E-state index contributed by atoms with van der Waals surface area (Å²) in [5.74, 6) is -0.352. The number of hydrogen-bond donors (Lipinski definition) is 1. The number of nitrogens with one attached hydrogen (secondary N) is 1. The third kappa shape index (κ3) is 4.27. The number of halogens is 1. The van der Waals surface area contributed by atoms with Gasteiger partial charge in [-0.3, -0.25) is 4.79 Å². The van der Waals surface area contributed by atoms with Gasteiger partial charge in [0.25, 0.3) is 10.0 Å². The van der Waals surface area contributed by atoms with Crippen molar-refractivity contribution in [1.29, 1.82) is 0 Å². The van der Waals surface area contributed by atoms with Crippen LogP contribution in [0.2, 0.25) is 4.34 Å². The molecule has 2 aromatic rings. The van der Waals surface area contributed by atoms with Crippen LogP contribution >= 0.6 is 34.3 Å². The van der Waals surface area contributed by atoms with Gasteiger partial charge in [0.2, 0.25) is 5.91 Å². The fourth-order valence-corrected chi connectivity index (χ4v) is 5.02. The number of sulfonamides is 1. The molecule has 9 heteroatoms. The van der Waals surface area contributed by atoms with Crippen LogP contribution in [0.3, 0.4) is 0 Å². The number of amides is 1. The molecular weight excluding hydrogens is 352 g/mol. The van der Waals surface area contributed by atoms with E-state index in [-0.39, 0.29) is 16.7 Å². The number of hydrogen-bond acceptors (Lipinski definition) is 5. The molecular formula is C12H13ClN2O3S3. The number of thiophene rings is 2. The molecule has 0 aromatic carbocycles. The van der Waals surface area contributed by atoms with Gasteiger partial charge in [-0.05, 0) is 34.5 Å². The summed E-state index contributed by atoms with van der Waals surface area (Å²) in [6.45, 7) is 0.156. The lowest BCUT2D eigenvalue weighted by Crippen LogP contribution is -2.37. The van der Waals surface area contributed by atoms with E-state index >= 15 is 0 Å². The Morgan fingerprint density at radius 3 is 2.71 bits per heavy atom. The predicted octanol–water partition coefficient (Wildman–Crippen LogP) is 2.40. The molecule has 21 heavy (non-hydrogen) atoms. The molecule has 0 fully saturated rings. The monoisotopic (exact) mass is 364 g/mol. The number of rotatable bonds is 6. The number of likely N-dealkylation sites (N-methyl/N-ethyl adjacent to an activating group) is 1. The number of nitrogens with zero attached hydrogens (tertiary/aromatic N) is 1. The van der Waals surface area contributed by atoms with Crippen LogP contribution in [0.1, 0.15) is 5.56 Å². The van der Waals surface area contributed by atoms with Crippen molar-refractivity contribution in [2.45, 2.75) is 10.8 Å². The zero-order valence-electron chi connectivity index (χ0n) is 11.1. The normalized spacial score (nSPS) is 11.8. The Balaban J connectivity index is 1.94. The molecule has 2 aromatic heterocycles. The number of carbonyl (C=O) groups excluding carboxylic acids is 1. The summed E-state index contributed by atoms with van der Waals surface area (Å²) in [4.78, 5) is 11.8.